The van der Waals surface area contributed by atoms with E-state index in [-0.39, 0.29) is 6.04 Å². The van der Waals surface area contributed by atoms with Gasteiger partial charge in [-0.3, -0.25) is 0 Å². The Morgan fingerprint density at radius 3 is 2.50 bits per heavy atom. The first-order valence-electron chi connectivity index (χ1n) is 5.83. The third-order valence-corrected chi connectivity index (χ3v) is 3.41. The molecule has 16 heavy (non-hydrogen) atoms. The van der Waals surface area contributed by atoms with Crippen LogP contribution in [-0.2, 0) is 6.42 Å². The van der Waals surface area contributed by atoms with Crippen LogP contribution in [0.15, 0.2) is 24.3 Å². The second kappa shape index (κ2) is 5.17. The Balaban J connectivity index is 1.85. The number of hydrogen-bond acceptors (Lipinski definition) is 2. The Morgan fingerprint density at radius 2 is 1.94 bits per heavy atom. The molecule has 1 fully saturated rings. The van der Waals surface area contributed by atoms with Gasteiger partial charge in [-0.15, -0.1) is 0 Å². The standard InChI is InChI=1S/C13H18ClNO/c14-11-5-3-10(4-6-11)8-13(16)12(15)7-9-1-2-9/h3-6,9,12-13,16H,1-2,7-8,15H2. The minimum Gasteiger partial charge on any atom is -0.391 e. The number of benzene rings is 1. The average Bonchev–Trinajstić information content (AvgIpc) is 3.05. The first-order chi connectivity index (χ1) is 7.65. The maximum absolute atomic E-state index is 9.96. The summed E-state index contributed by atoms with van der Waals surface area (Å²) in [5.74, 6) is 0.759. The van der Waals surface area contributed by atoms with E-state index in [4.69, 9.17) is 17.3 Å². The Hall–Kier alpha value is -0.570. The van der Waals surface area contributed by atoms with Crippen LogP contribution in [0.3, 0.4) is 0 Å². The predicted molar refractivity (Wildman–Crippen MR) is 66.5 cm³/mol. The van der Waals surface area contributed by atoms with Crippen LogP contribution in [0.1, 0.15) is 24.8 Å². The minimum absolute atomic E-state index is 0.0943. The molecule has 1 aliphatic carbocycles. The smallest absolute Gasteiger partial charge is 0.0731 e. The molecule has 1 aromatic carbocycles. The monoisotopic (exact) mass is 239 g/mol. The van der Waals surface area contributed by atoms with Gasteiger partial charge in [0.25, 0.3) is 0 Å². The molecular weight excluding hydrogens is 222 g/mol. The van der Waals surface area contributed by atoms with E-state index in [1.807, 2.05) is 24.3 Å². The summed E-state index contributed by atoms with van der Waals surface area (Å²) >= 11 is 5.80. The molecule has 2 unspecified atom stereocenters. The SMILES string of the molecule is NC(CC1CC1)C(O)Cc1ccc(Cl)cc1. The van der Waals surface area contributed by atoms with Gasteiger partial charge in [0.1, 0.15) is 0 Å². The van der Waals surface area contributed by atoms with Crippen molar-refractivity contribution >= 4 is 11.6 Å². The molecule has 0 saturated heterocycles. The average molecular weight is 240 g/mol. The zero-order valence-corrected chi connectivity index (χ0v) is 10.0. The summed E-state index contributed by atoms with van der Waals surface area (Å²) in [5.41, 5.74) is 7.05. The molecule has 88 valence electrons. The number of aliphatic hydroxyl groups is 1. The number of hydrogen-bond donors (Lipinski definition) is 2. The molecule has 1 aromatic rings. The summed E-state index contributed by atoms with van der Waals surface area (Å²) in [5, 5.41) is 10.7. The van der Waals surface area contributed by atoms with E-state index in [0.717, 1.165) is 22.9 Å². The highest BCUT2D eigenvalue weighted by molar-refractivity contribution is 6.30. The van der Waals surface area contributed by atoms with Crippen molar-refractivity contribution in [3.05, 3.63) is 34.9 Å². The van der Waals surface area contributed by atoms with Gasteiger partial charge >= 0.3 is 0 Å². The number of rotatable bonds is 5. The molecule has 0 amide bonds. The van der Waals surface area contributed by atoms with Crippen LogP contribution in [0, 0.1) is 5.92 Å². The third-order valence-electron chi connectivity index (χ3n) is 3.15. The summed E-state index contributed by atoms with van der Waals surface area (Å²) in [7, 11) is 0. The molecule has 2 rings (SSSR count). The Morgan fingerprint density at radius 1 is 1.31 bits per heavy atom. The van der Waals surface area contributed by atoms with Crippen LogP contribution >= 0.6 is 11.6 Å². The zero-order valence-electron chi connectivity index (χ0n) is 9.27. The van der Waals surface area contributed by atoms with Crippen molar-refractivity contribution in [3.63, 3.8) is 0 Å². The second-order valence-electron chi connectivity index (χ2n) is 4.74. The van der Waals surface area contributed by atoms with Crippen LogP contribution in [-0.4, -0.2) is 17.3 Å². The topological polar surface area (TPSA) is 46.2 Å². The van der Waals surface area contributed by atoms with E-state index >= 15 is 0 Å². The molecule has 0 heterocycles. The van der Waals surface area contributed by atoms with Gasteiger partial charge in [-0.2, -0.15) is 0 Å². The molecule has 0 aliphatic heterocycles. The Bertz CT molecular complexity index is 334. The lowest BCUT2D eigenvalue weighted by atomic mass is 9.99. The highest BCUT2D eigenvalue weighted by atomic mass is 35.5. The normalized spacial score (nSPS) is 19.4. The van der Waals surface area contributed by atoms with Gasteiger partial charge in [0, 0.05) is 11.1 Å². The van der Waals surface area contributed by atoms with Gasteiger partial charge in [-0.05, 0) is 36.5 Å². The molecule has 0 spiro atoms. The van der Waals surface area contributed by atoms with Crippen molar-refractivity contribution in [3.8, 4) is 0 Å². The fourth-order valence-electron chi connectivity index (χ4n) is 1.91. The van der Waals surface area contributed by atoms with Gasteiger partial charge < -0.3 is 10.8 Å². The Kier molecular flexibility index (Phi) is 3.85. The third kappa shape index (κ3) is 3.48. The number of aliphatic hydroxyl groups excluding tert-OH is 1. The molecule has 2 nitrogen and oxygen atoms in total. The van der Waals surface area contributed by atoms with Crippen molar-refractivity contribution < 1.29 is 5.11 Å². The van der Waals surface area contributed by atoms with Crippen molar-refractivity contribution in [2.24, 2.45) is 11.7 Å². The maximum Gasteiger partial charge on any atom is 0.0731 e. The summed E-state index contributed by atoms with van der Waals surface area (Å²) < 4.78 is 0. The van der Waals surface area contributed by atoms with Crippen LogP contribution in [0.5, 0.6) is 0 Å². The lowest BCUT2D eigenvalue weighted by Crippen LogP contribution is -2.36. The van der Waals surface area contributed by atoms with Crippen LogP contribution in [0.2, 0.25) is 5.02 Å². The van der Waals surface area contributed by atoms with E-state index in [2.05, 4.69) is 0 Å². The molecule has 1 saturated carbocycles. The van der Waals surface area contributed by atoms with E-state index in [1.54, 1.807) is 0 Å². The van der Waals surface area contributed by atoms with Gasteiger partial charge in [-0.25, -0.2) is 0 Å². The summed E-state index contributed by atoms with van der Waals surface area (Å²) in [6.07, 6.45) is 3.68. The first kappa shape index (κ1) is 11.9. The minimum atomic E-state index is -0.443. The molecular formula is C13H18ClNO. The van der Waals surface area contributed by atoms with Crippen molar-refractivity contribution in [2.75, 3.05) is 0 Å². The Labute approximate surface area is 101 Å². The highest BCUT2D eigenvalue weighted by Crippen LogP contribution is 2.33. The van der Waals surface area contributed by atoms with Crippen molar-refractivity contribution in [1.82, 2.24) is 0 Å². The maximum atomic E-state index is 9.96. The van der Waals surface area contributed by atoms with Crippen LogP contribution in [0.25, 0.3) is 0 Å². The van der Waals surface area contributed by atoms with Gasteiger partial charge in [-0.1, -0.05) is 36.6 Å². The van der Waals surface area contributed by atoms with E-state index in [1.165, 1.54) is 12.8 Å². The quantitative estimate of drug-likeness (QED) is 0.829. The molecule has 0 radical (unpaired) electrons. The summed E-state index contributed by atoms with van der Waals surface area (Å²) in [6, 6.07) is 7.47. The van der Waals surface area contributed by atoms with E-state index in [0.29, 0.717) is 6.42 Å². The van der Waals surface area contributed by atoms with Crippen molar-refractivity contribution in [1.29, 1.82) is 0 Å². The lowest BCUT2D eigenvalue weighted by Gasteiger charge is -2.18. The lowest BCUT2D eigenvalue weighted by molar-refractivity contribution is 0.138. The number of nitrogens with two attached hydrogens (primary N) is 1. The van der Waals surface area contributed by atoms with Gasteiger partial charge in [0.2, 0.25) is 0 Å². The van der Waals surface area contributed by atoms with E-state index in [9.17, 15) is 5.11 Å². The summed E-state index contributed by atoms with van der Waals surface area (Å²) in [6.45, 7) is 0. The second-order valence-corrected chi connectivity index (χ2v) is 5.18. The summed E-state index contributed by atoms with van der Waals surface area (Å²) in [4.78, 5) is 0. The zero-order chi connectivity index (χ0) is 11.5. The first-order valence-corrected chi connectivity index (χ1v) is 6.21. The molecule has 2 atom stereocenters. The van der Waals surface area contributed by atoms with Crippen LogP contribution in [0.4, 0.5) is 0 Å². The van der Waals surface area contributed by atoms with E-state index < -0.39 is 6.10 Å². The van der Waals surface area contributed by atoms with Crippen LogP contribution < -0.4 is 5.73 Å². The fraction of sp³-hybridized carbons (Fsp3) is 0.538. The largest absolute Gasteiger partial charge is 0.391 e. The highest BCUT2D eigenvalue weighted by Gasteiger charge is 2.27. The molecule has 1 aliphatic rings. The fourth-order valence-corrected chi connectivity index (χ4v) is 2.03. The molecule has 3 heteroatoms. The van der Waals surface area contributed by atoms with Crippen molar-refractivity contribution in [2.45, 2.75) is 37.8 Å². The predicted octanol–water partition coefficient (Wildman–Crippen LogP) is 2.37. The molecule has 0 bridgehead atoms. The molecule has 3 N–H and O–H groups in total. The van der Waals surface area contributed by atoms with Gasteiger partial charge in [0.05, 0.1) is 6.10 Å². The van der Waals surface area contributed by atoms with Gasteiger partial charge in [0.15, 0.2) is 0 Å². The molecule has 0 aromatic heterocycles. The number of halogens is 1.